The van der Waals surface area contributed by atoms with Crippen molar-refractivity contribution in [3.63, 3.8) is 0 Å². The maximum Gasteiger partial charge on any atom is 0.257 e. The molecule has 110 valence electrons. The second-order valence-corrected chi connectivity index (χ2v) is 5.82. The molecule has 0 bridgehead atoms. The molecule has 0 saturated heterocycles. The minimum absolute atomic E-state index is 0.175. The highest BCUT2D eigenvalue weighted by molar-refractivity contribution is 7.19. The molecule has 0 aliphatic heterocycles. The monoisotopic (exact) mass is 310 g/mol. The fraction of sp³-hybridized carbons (Fsp3) is 0.125. The van der Waals surface area contributed by atoms with Gasteiger partial charge in [0.2, 0.25) is 0 Å². The second-order valence-electron chi connectivity index (χ2n) is 4.82. The van der Waals surface area contributed by atoms with Crippen LogP contribution < -0.4 is 5.32 Å². The van der Waals surface area contributed by atoms with Gasteiger partial charge in [-0.2, -0.15) is 0 Å². The topological polar surface area (TPSA) is 67.8 Å². The number of carbonyl (C=O) groups is 1. The van der Waals surface area contributed by atoms with Crippen LogP contribution in [-0.2, 0) is 0 Å². The van der Waals surface area contributed by atoms with Crippen molar-refractivity contribution in [3.8, 4) is 10.4 Å². The van der Waals surface area contributed by atoms with Crippen molar-refractivity contribution in [2.75, 3.05) is 5.32 Å². The van der Waals surface area contributed by atoms with Crippen LogP contribution in [0.2, 0.25) is 0 Å². The molecule has 1 N–H and O–H groups in total. The molecule has 3 aromatic rings. The summed E-state index contributed by atoms with van der Waals surface area (Å²) in [5.74, 6) is -0.175. The first kappa shape index (κ1) is 14.3. The fourth-order valence-electron chi connectivity index (χ4n) is 2.11. The maximum absolute atomic E-state index is 12.3. The zero-order valence-electron chi connectivity index (χ0n) is 12.2. The van der Waals surface area contributed by atoms with E-state index in [0.717, 1.165) is 21.7 Å². The van der Waals surface area contributed by atoms with E-state index < -0.39 is 0 Å². The standard InChI is InChI=1S/C16H14N4OS/c1-10-8-18-7-5-13(10)15(21)20-16-19-11(2)14(22-16)12-4-3-6-17-9-12/h3-9H,1-2H3,(H,19,20,21). The number of thiazole rings is 1. The molecule has 1 amide bonds. The third-order valence-electron chi connectivity index (χ3n) is 3.21. The molecule has 0 aliphatic rings. The minimum atomic E-state index is -0.175. The quantitative estimate of drug-likeness (QED) is 0.804. The Bertz CT molecular complexity index is 814. The van der Waals surface area contributed by atoms with Crippen LogP contribution in [0.4, 0.5) is 5.13 Å². The summed E-state index contributed by atoms with van der Waals surface area (Å²) in [5, 5.41) is 3.43. The van der Waals surface area contributed by atoms with E-state index in [-0.39, 0.29) is 5.91 Å². The fourth-order valence-corrected chi connectivity index (χ4v) is 3.06. The summed E-state index contributed by atoms with van der Waals surface area (Å²) in [6.07, 6.45) is 6.80. The molecule has 22 heavy (non-hydrogen) atoms. The van der Waals surface area contributed by atoms with Gasteiger partial charge in [0.25, 0.3) is 5.91 Å². The first-order valence-electron chi connectivity index (χ1n) is 6.75. The van der Waals surface area contributed by atoms with Gasteiger partial charge in [0.1, 0.15) is 0 Å². The Morgan fingerprint density at radius 1 is 1.14 bits per heavy atom. The molecule has 3 heterocycles. The van der Waals surface area contributed by atoms with Crippen LogP contribution in [0.1, 0.15) is 21.6 Å². The summed E-state index contributed by atoms with van der Waals surface area (Å²) in [4.78, 5) is 25.9. The van der Waals surface area contributed by atoms with Gasteiger partial charge >= 0.3 is 0 Å². The van der Waals surface area contributed by atoms with Crippen LogP contribution in [0.25, 0.3) is 10.4 Å². The summed E-state index contributed by atoms with van der Waals surface area (Å²) in [6.45, 7) is 3.78. The molecule has 3 aromatic heterocycles. The highest BCUT2D eigenvalue weighted by Crippen LogP contribution is 2.32. The van der Waals surface area contributed by atoms with E-state index in [0.29, 0.717) is 10.7 Å². The van der Waals surface area contributed by atoms with Gasteiger partial charge in [0.15, 0.2) is 5.13 Å². The highest BCUT2D eigenvalue weighted by atomic mass is 32.1. The highest BCUT2D eigenvalue weighted by Gasteiger charge is 2.14. The summed E-state index contributed by atoms with van der Waals surface area (Å²) in [5.41, 5.74) is 3.31. The number of anilines is 1. The first-order chi connectivity index (χ1) is 10.6. The first-order valence-corrected chi connectivity index (χ1v) is 7.56. The van der Waals surface area contributed by atoms with E-state index in [9.17, 15) is 4.79 Å². The van der Waals surface area contributed by atoms with Crippen LogP contribution >= 0.6 is 11.3 Å². The number of rotatable bonds is 3. The van der Waals surface area contributed by atoms with Gasteiger partial charge in [-0.25, -0.2) is 4.98 Å². The molecule has 0 fully saturated rings. The summed E-state index contributed by atoms with van der Waals surface area (Å²) >= 11 is 1.44. The third-order valence-corrected chi connectivity index (χ3v) is 4.33. The Morgan fingerprint density at radius 3 is 2.68 bits per heavy atom. The number of hydrogen-bond acceptors (Lipinski definition) is 5. The maximum atomic E-state index is 12.3. The Kier molecular flexibility index (Phi) is 3.93. The molecule has 0 aromatic carbocycles. The number of nitrogens with zero attached hydrogens (tertiary/aromatic N) is 3. The number of aryl methyl sites for hydroxylation is 2. The minimum Gasteiger partial charge on any atom is -0.298 e. The van der Waals surface area contributed by atoms with E-state index in [2.05, 4.69) is 20.3 Å². The van der Waals surface area contributed by atoms with Crippen LogP contribution in [0.3, 0.4) is 0 Å². The van der Waals surface area contributed by atoms with Gasteiger partial charge in [-0.05, 0) is 31.5 Å². The predicted octanol–water partition coefficient (Wildman–Crippen LogP) is 3.47. The van der Waals surface area contributed by atoms with Crippen LogP contribution in [-0.4, -0.2) is 20.9 Å². The van der Waals surface area contributed by atoms with Crippen LogP contribution in [0.15, 0.2) is 43.0 Å². The smallest absolute Gasteiger partial charge is 0.257 e. The predicted molar refractivity (Wildman–Crippen MR) is 87.0 cm³/mol. The molecule has 3 rings (SSSR count). The number of carbonyl (C=O) groups excluding carboxylic acids is 1. The number of hydrogen-bond donors (Lipinski definition) is 1. The van der Waals surface area contributed by atoms with E-state index in [4.69, 9.17) is 0 Å². The molecule has 0 radical (unpaired) electrons. The third kappa shape index (κ3) is 2.87. The van der Waals surface area contributed by atoms with Crippen molar-refractivity contribution in [3.05, 3.63) is 59.8 Å². The van der Waals surface area contributed by atoms with E-state index in [1.165, 1.54) is 11.3 Å². The van der Waals surface area contributed by atoms with Crippen molar-refractivity contribution in [1.29, 1.82) is 0 Å². The van der Waals surface area contributed by atoms with Crippen molar-refractivity contribution >= 4 is 22.4 Å². The largest absolute Gasteiger partial charge is 0.298 e. The van der Waals surface area contributed by atoms with Gasteiger partial charge in [0.05, 0.1) is 10.6 Å². The Labute approximate surface area is 132 Å². The van der Waals surface area contributed by atoms with Crippen molar-refractivity contribution in [2.24, 2.45) is 0 Å². The van der Waals surface area contributed by atoms with Crippen molar-refractivity contribution in [1.82, 2.24) is 15.0 Å². The summed E-state index contributed by atoms with van der Waals surface area (Å²) in [7, 11) is 0. The van der Waals surface area contributed by atoms with Gasteiger partial charge < -0.3 is 0 Å². The van der Waals surface area contributed by atoms with Gasteiger partial charge in [-0.15, -0.1) is 0 Å². The molecule has 0 atom stereocenters. The van der Waals surface area contributed by atoms with E-state index in [1.54, 1.807) is 30.9 Å². The molecule has 5 nitrogen and oxygen atoms in total. The number of pyridine rings is 2. The average Bonchev–Trinajstić information content (AvgIpc) is 2.89. The molecule has 0 saturated carbocycles. The lowest BCUT2D eigenvalue weighted by atomic mass is 10.1. The van der Waals surface area contributed by atoms with Crippen molar-refractivity contribution < 1.29 is 4.79 Å². The van der Waals surface area contributed by atoms with Gasteiger partial charge in [-0.1, -0.05) is 17.4 Å². The summed E-state index contributed by atoms with van der Waals surface area (Å²) in [6, 6.07) is 5.56. The van der Waals surface area contributed by atoms with E-state index in [1.807, 2.05) is 26.0 Å². The zero-order chi connectivity index (χ0) is 15.5. The SMILES string of the molecule is Cc1cnccc1C(=O)Nc1nc(C)c(-c2cccnc2)s1. The molecule has 0 aliphatic carbocycles. The zero-order valence-corrected chi connectivity index (χ0v) is 13.0. The van der Waals surface area contributed by atoms with Gasteiger partial charge in [-0.3, -0.25) is 20.1 Å². The normalized spacial score (nSPS) is 10.5. The Hall–Kier alpha value is -2.60. The average molecular weight is 310 g/mol. The Balaban J connectivity index is 1.86. The lowest BCUT2D eigenvalue weighted by Crippen LogP contribution is -2.13. The van der Waals surface area contributed by atoms with Crippen molar-refractivity contribution in [2.45, 2.75) is 13.8 Å². The molecular weight excluding hydrogens is 296 g/mol. The molecular formula is C16H14N4OS. The lowest BCUT2D eigenvalue weighted by molar-refractivity contribution is 0.102. The lowest BCUT2D eigenvalue weighted by Gasteiger charge is -2.03. The number of nitrogens with one attached hydrogen (secondary N) is 1. The van der Waals surface area contributed by atoms with E-state index >= 15 is 0 Å². The van der Waals surface area contributed by atoms with Crippen LogP contribution in [0, 0.1) is 13.8 Å². The Morgan fingerprint density at radius 2 is 1.95 bits per heavy atom. The molecule has 0 spiro atoms. The number of amides is 1. The molecule has 0 unspecified atom stereocenters. The molecule has 6 heteroatoms. The van der Waals surface area contributed by atoms with Crippen LogP contribution in [0.5, 0.6) is 0 Å². The summed E-state index contributed by atoms with van der Waals surface area (Å²) < 4.78 is 0. The van der Waals surface area contributed by atoms with Gasteiger partial charge in [0, 0.05) is 35.9 Å². The second kappa shape index (κ2) is 6.03. The number of aromatic nitrogens is 3.